The number of hydrogen-bond donors (Lipinski definition) is 1. The summed E-state index contributed by atoms with van der Waals surface area (Å²) in [5, 5.41) is 16.1. The molecule has 0 bridgehead atoms. The Kier molecular flexibility index (Phi) is 6.29. The minimum Gasteiger partial charge on any atom is -0.360 e. The number of nitrogens with one attached hydrogen (secondary N) is 1. The van der Waals surface area contributed by atoms with Crippen molar-refractivity contribution in [1.82, 2.24) is 10.5 Å². The van der Waals surface area contributed by atoms with E-state index >= 15 is 0 Å². The van der Waals surface area contributed by atoms with Crippen molar-refractivity contribution in [2.75, 3.05) is 12.3 Å². The van der Waals surface area contributed by atoms with Crippen LogP contribution in [0.2, 0.25) is 0 Å². The highest BCUT2D eigenvalue weighted by Crippen LogP contribution is 2.25. The minimum atomic E-state index is -0.189. The van der Waals surface area contributed by atoms with Gasteiger partial charge in [-0.25, -0.2) is 0 Å². The Morgan fingerprint density at radius 1 is 1.19 bits per heavy atom. The van der Waals surface area contributed by atoms with Crippen LogP contribution >= 0.6 is 11.8 Å². The summed E-state index contributed by atoms with van der Waals surface area (Å²) in [6, 6.07) is 19.3. The zero-order valence-corrected chi connectivity index (χ0v) is 15.8. The van der Waals surface area contributed by atoms with Crippen molar-refractivity contribution in [1.29, 1.82) is 5.26 Å². The van der Waals surface area contributed by atoms with Crippen molar-refractivity contribution in [3.05, 3.63) is 77.0 Å². The van der Waals surface area contributed by atoms with E-state index in [1.807, 2.05) is 54.6 Å². The van der Waals surface area contributed by atoms with Crippen LogP contribution in [0.3, 0.4) is 0 Å². The van der Waals surface area contributed by atoms with Crippen LogP contribution < -0.4 is 5.32 Å². The molecule has 1 aromatic heterocycles. The number of aryl methyl sites for hydroxylation is 1. The van der Waals surface area contributed by atoms with Crippen LogP contribution in [-0.2, 0) is 5.75 Å². The van der Waals surface area contributed by atoms with E-state index < -0.39 is 0 Å². The lowest BCUT2D eigenvalue weighted by molar-refractivity contribution is 0.0955. The number of hydrogen-bond acceptors (Lipinski definition) is 5. The van der Waals surface area contributed by atoms with Crippen molar-refractivity contribution >= 4 is 17.7 Å². The van der Waals surface area contributed by atoms with Crippen molar-refractivity contribution in [3.8, 4) is 17.3 Å². The molecule has 0 atom stereocenters. The molecule has 1 N–H and O–H groups in total. The first kappa shape index (κ1) is 18.7. The highest BCUT2D eigenvalue weighted by atomic mass is 32.2. The second kappa shape index (κ2) is 9.06. The molecule has 1 amide bonds. The Morgan fingerprint density at radius 2 is 1.93 bits per heavy atom. The van der Waals surface area contributed by atoms with E-state index in [2.05, 4.69) is 16.5 Å². The summed E-state index contributed by atoms with van der Waals surface area (Å²) >= 11 is 1.68. The Hall–Kier alpha value is -3.04. The van der Waals surface area contributed by atoms with Gasteiger partial charge in [0.05, 0.1) is 11.6 Å². The summed E-state index contributed by atoms with van der Waals surface area (Å²) in [6.45, 7) is 2.26. The first-order valence-electron chi connectivity index (χ1n) is 8.56. The Labute approximate surface area is 162 Å². The Bertz CT molecular complexity index is 961. The fraction of sp³-hybridized carbons (Fsp3) is 0.190. The average molecular weight is 377 g/mol. The molecule has 0 saturated heterocycles. The number of benzene rings is 2. The number of aromatic nitrogens is 1. The third-order valence-electron chi connectivity index (χ3n) is 4.06. The number of carbonyl (C=O) groups excluding carboxylic acids is 1. The lowest BCUT2D eigenvalue weighted by Gasteiger charge is -2.07. The van der Waals surface area contributed by atoms with Gasteiger partial charge in [-0.15, -0.1) is 0 Å². The second-order valence-electron chi connectivity index (χ2n) is 5.91. The fourth-order valence-electron chi connectivity index (χ4n) is 2.70. The second-order valence-corrected chi connectivity index (χ2v) is 7.01. The predicted molar refractivity (Wildman–Crippen MR) is 106 cm³/mol. The number of rotatable bonds is 7. The lowest BCUT2D eigenvalue weighted by atomic mass is 10.1. The molecule has 0 saturated carbocycles. The van der Waals surface area contributed by atoms with E-state index in [0.717, 1.165) is 22.6 Å². The van der Waals surface area contributed by atoms with Crippen LogP contribution in [0.1, 0.15) is 27.2 Å². The number of thioether (sulfide) groups is 1. The van der Waals surface area contributed by atoms with Gasteiger partial charge in [-0.2, -0.15) is 17.0 Å². The van der Waals surface area contributed by atoms with Crippen LogP contribution in [0.4, 0.5) is 0 Å². The maximum absolute atomic E-state index is 12.6. The van der Waals surface area contributed by atoms with Gasteiger partial charge in [0.25, 0.3) is 5.91 Å². The van der Waals surface area contributed by atoms with Crippen LogP contribution in [0, 0.1) is 18.3 Å². The molecule has 6 heteroatoms. The summed E-state index contributed by atoms with van der Waals surface area (Å²) in [5.74, 6) is 1.80. The quantitative estimate of drug-likeness (QED) is 0.625. The molecule has 0 unspecified atom stereocenters. The van der Waals surface area contributed by atoms with Crippen molar-refractivity contribution in [2.24, 2.45) is 0 Å². The van der Waals surface area contributed by atoms with Crippen molar-refractivity contribution in [3.63, 3.8) is 0 Å². The van der Waals surface area contributed by atoms with E-state index in [-0.39, 0.29) is 5.91 Å². The molecule has 0 fully saturated rings. The van der Waals surface area contributed by atoms with Crippen LogP contribution in [0.25, 0.3) is 11.3 Å². The molecule has 0 aliphatic rings. The minimum absolute atomic E-state index is 0.189. The molecule has 0 aliphatic carbocycles. The molecule has 2 aromatic carbocycles. The third-order valence-corrected chi connectivity index (χ3v) is 5.07. The van der Waals surface area contributed by atoms with Crippen LogP contribution in [0.15, 0.2) is 59.1 Å². The summed E-state index contributed by atoms with van der Waals surface area (Å²) in [4.78, 5) is 12.6. The first-order valence-corrected chi connectivity index (χ1v) is 9.72. The summed E-state index contributed by atoms with van der Waals surface area (Å²) in [7, 11) is 0. The van der Waals surface area contributed by atoms with E-state index in [1.165, 1.54) is 0 Å². The summed E-state index contributed by atoms with van der Waals surface area (Å²) < 4.78 is 5.24. The van der Waals surface area contributed by atoms with Gasteiger partial charge in [-0.1, -0.05) is 53.7 Å². The van der Waals surface area contributed by atoms with E-state index in [9.17, 15) is 4.79 Å². The molecule has 0 radical (unpaired) electrons. The van der Waals surface area contributed by atoms with E-state index in [4.69, 9.17) is 9.78 Å². The van der Waals surface area contributed by atoms with Gasteiger partial charge >= 0.3 is 0 Å². The fourth-order valence-corrected chi connectivity index (χ4v) is 3.56. The largest absolute Gasteiger partial charge is 0.360 e. The normalized spacial score (nSPS) is 10.4. The number of amides is 1. The first-order chi connectivity index (χ1) is 13.2. The summed E-state index contributed by atoms with van der Waals surface area (Å²) in [5.41, 5.74) is 3.59. The number of nitrogens with zero attached hydrogens (tertiary/aromatic N) is 2. The maximum atomic E-state index is 12.6. The standard InChI is InChI=1S/C21H19N3O2S/c1-15-19(20(24-26-15)16-7-3-2-4-8-16)21(25)23-11-12-27-14-18-10-6-5-9-17(18)13-22/h2-10H,11-12,14H2,1H3,(H,23,25). The molecule has 27 heavy (non-hydrogen) atoms. The van der Waals surface area contributed by atoms with Gasteiger partial charge in [0.15, 0.2) is 0 Å². The number of nitriles is 1. The van der Waals surface area contributed by atoms with E-state index in [1.54, 1.807) is 18.7 Å². The van der Waals surface area contributed by atoms with Crippen molar-refractivity contribution in [2.45, 2.75) is 12.7 Å². The summed E-state index contributed by atoms with van der Waals surface area (Å²) in [6.07, 6.45) is 0. The molecule has 3 rings (SSSR count). The molecule has 0 spiro atoms. The van der Waals surface area contributed by atoms with Gasteiger partial charge in [-0.05, 0) is 18.6 Å². The molecule has 3 aromatic rings. The molecule has 0 aliphatic heterocycles. The van der Waals surface area contributed by atoms with Crippen LogP contribution in [-0.4, -0.2) is 23.4 Å². The zero-order chi connectivity index (χ0) is 19.1. The molecular weight excluding hydrogens is 358 g/mol. The highest BCUT2D eigenvalue weighted by Gasteiger charge is 2.21. The third kappa shape index (κ3) is 4.57. The van der Waals surface area contributed by atoms with E-state index in [0.29, 0.717) is 29.1 Å². The van der Waals surface area contributed by atoms with Gasteiger partial charge in [0.1, 0.15) is 17.0 Å². The monoisotopic (exact) mass is 377 g/mol. The Balaban J connectivity index is 1.55. The highest BCUT2D eigenvalue weighted by molar-refractivity contribution is 7.98. The smallest absolute Gasteiger partial charge is 0.257 e. The Morgan fingerprint density at radius 3 is 2.70 bits per heavy atom. The molecule has 1 heterocycles. The molecular formula is C21H19N3O2S. The zero-order valence-electron chi connectivity index (χ0n) is 14.9. The average Bonchev–Trinajstić information content (AvgIpc) is 3.10. The van der Waals surface area contributed by atoms with Gasteiger partial charge in [0.2, 0.25) is 0 Å². The SMILES string of the molecule is Cc1onc(-c2ccccc2)c1C(=O)NCCSCc1ccccc1C#N. The predicted octanol–water partition coefficient (Wildman–Crippen LogP) is 4.18. The molecule has 5 nitrogen and oxygen atoms in total. The van der Waals surface area contributed by atoms with Gasteiger partial charge < -0.3 is 9.84 Å². The number of carbonyl (C=O) groups is 1. The van der Waals surface area contributed by atoms with Crippen LogP contribution in [0.5, 0.6) is 0 Å². The lowest BCUT2D eigenvalue weighted by Crippen LogP contribution is -2.26. The van der Waals surface area contributed by atoms with Gasteiger partial charge in [0, 0.05) is 23.6 Å². The topological polar surface area (TPSA) is 78.9 Å². The van der Waals surface area contributed by atoms with Gasteiger partial charge in [-0.3, -0.25) is 4.79 Å². The van der Waals surface area contributed by atoms with Crippen molar-refractivity contribution < 1.29 is 9.32 Å². The molecule has 136 valence electrons. The maximum Gasteiger partial charge on any atom is 0.257 e.